The number of aromatic nitrogens is 1. The summed E-state index contributed by atoms with van der Waals surface area (Å²) in [6.45, 7) is 8.03. The third-order valence-electron chi connectivity index (χ3n) is 6.51. The lowest BCUT2D eigenvalue weighted by atomic mass is 9.83. The van der Waals surface area contributed by atoms with Crippen LogP contribution in [0.15, 0.2) is 82.3 Å². The lowest BCUT2D eigenvalue weighted by molar-refractivity contribution is -0.130. The molecule has 1 fully saturated rings. The first-order chi connectivity index (χ1) is 16.0. The number of carbonyl (C=O) groups is 1. The number of furan rings is 1. The van der Waals surface area contributed by atoms with Crippen molar-refractivity contribution in [1.29, 1.82) is 0 Å². The number of hydrogen-bond acceptors (Lipinski definition) is 4. The Balaban J connectivity index is 1.41. The number of pyridine rings is 1. The summed E-state index contributed by atoms with van der Waals surface area (Å²) in [5, 5.41) is 3.24. The fraction of sp³-hybridized carbons (Fsp3) is 0.259. The van der Waals surface area contributed by atoms with Crippen molar-refractivity contribution in [1.82, 2.24) is 14.8 Å². The molecule has 168 valence electrons. The summed E-state index contributed by atoms with van der Waals surface area (Å²) < 4.78 is 7.36. The number of nitrogens with one attached hydrogen (secondary N) is 1. The highest BCUT2D eigenvalue weighted by atomic mass is 16.3. The smallest absolute Gasteiger partial charge is 0.270 e. The maximum absolute atomic E-state index is 13.7. The van der Waals surface area contributed by atoms with Gasteiger partial charge in [-0.2, -0.15) is 0 Å². The minimum absolute atomic E-state index is 0.0384. The monoisotopic (exact) mass is 441 g/mol. The second-order valence-electron chi connectivity index (χ2n) is 8.95. The summed E-state index contributed by atoms with van der Waals surface area (Å²) in [5.74, 6) is 0.906. The quantitative estimate of drug-likeness (QED) is 0.608. The number of amides is 1. The van der Waals surface area contributed by atoms with Gasteiger partial charge in [-0.1, -0.05) is 42.5 Å². The van der Waals surface area contributed by atoms with Crippen LogP contribution in [0.4, 0.5) is 0 Å². The molecule has 0 radical (unpaired) electrons. The average molecular weight is 442 g/mol. The van der Waals surface area contributed by atoms with Gasteiger partial charge in [0.1, 0.15) is 11.5 Å². The lowest BCUT2D eigenvalue weighted by Crippen LogP contribution is -2.50. The van der Waals surface area contributed by atoms with Gasteiger partial charge in [0.15, 0.2) is 0 Å². The van der Waals surface area contributed by atoms with E-state index in [1.54, 1.807) is 24.5 Å². The summed E-state index contributed by atoms with van der Waals surface area (Å²) in [6, 6.07) is 17.0. The van der Waals surface area contributed by atoms with Gasteiger partial charge >= 0.3 is 0 Å². The maximum atomic E-state index is 13.7. The molecule has 6 nitrogen and oxygen atoms in total. The third-order valence-corrected chi connectivity index (χ3v) is 6.51. The van der Waals surface area contributed by atoms with E-state index in [0.717, 1.165) is 23.2 Å². The molecule has 2 aliphatic heterocycles. The van der Waals surface area contributed by atoms with Crippen molar-refractivity contribution < 1.29 is 9.21 Å². The first-order valence-electron chi connectivity index (χ1n) is 11.2. The van der Waals surface area contributed by atoms with Gasteiger partial charge < -0.3 is 19.2 Å². The van der Waals surface area contributed by atoms with E-state index in [4.69, 9.17) is 4.42 Å². The number of carbonyl (C=O) groups excluding carboxylic acids is 1. The van der Waals surface area contributed by atoms with Crippen molar-refractivity contribution in [3.63, 3.8) is 0 Å². The van der Waals surface area contributed by atoms with Gasteiger partial charge in [0, 0.05) is 49.1 Å². The molecule has 1 aromatic carbocycles. The second kappa shape index (κ2) is 8.62. The highest BCUT2D eigenvalue weighted by molar-refractivity contribution is 5.98. The molecule has 1 saturated heterocycles. The molecule has 0 spiro atoms. The summed E-state index contributed by atoms with van der Waals surface area (Å²) in [4.78, 5) is 27.9. The fourth-order valence-corrected chi connectivity index (χ4v) is 4.89. The lowest BCUT2D eigenvalue weighted by Gasteiger charge is -2.43. The number of benzene rings is 1. The molecule has 2 aliphatic rings. The van der Waals surface area contributed by atoms with E-state index in [-0.39, 0.29) is 23.3 Å². The molecule has 5 rings (SSSR count). The first-order valence-corrected chi connectivity index (χ1v) is 11.2. The number of piperidine rings is 1. The zero-order chi connectivity index (χ0) is 22.9. The predicted octanol–water partition coefficient (Wildman–Crippen LogP) is 4.00. The van der Waals surface area contributed by atoms with Gasteiger partial charge in [0.05, 0.1) is 6.26 Å². The predicted molar refractivity (Wildman–Crippen MR) is 128 cm³/mol. The van der Waals surface area contributed by atoms with Crippen LogP contribution in [0, 0.1) is 12.8 Å². The van der Waals surface area contributed by atoms with Crippen molar-refractivity contribution in [2.75, 3.05) is 13.1 Å². The molecular formula is C27H27N3O3. The van der Waals surface area contributed by atoms with Crippen molar-refractivity contribution >= 4 is 17.7 Å². The molecule has 2 atom stereocenters. The van der Waals surface area contributed by atoms with Crippen molar-refractivity contribution in [3.8, 4) is 0 Å². The molecule has 2 unspecified atom stereocenters. The van der Waals surface area contributed by atoms with Crippen LogP contribution in [0.2, 0.25) is 0 Å². The van der Waals surface area contributed by atoms with Gasteiger partial charge in [0.25, 0.3) is 11.5 Å². The Labute approximate surface area is 192 Å². The second-order valence-corrected chi connectivity index (χ2v) is 8.95. The molecule has 1 amide bonds. The molecule has 3 aromatic rings. The van der Waals surface area contributed by atoms with E-state index < -0.39 is 0 Å². The maximum Gasteiger partial charge on any atom is 0.270 e. The molecule has 2 bridgehead atoms. The Bertz CT molecular complexity index is 1270. The number of rotatable bonds is 5. The standard InChI is InChI=1S/C27H27N3O3/c1-18-8-10-21(11-9-18)19(2)28-24(14-23-5-4-12-33-23)27(32)29-15-20-13-22(17-29)25-6-3-7-26(31)30(25)16-20/h3-12,14,20,22,28H,2,13,15-17H2,1H3/b24-14-. The Morgan fingerprint density at radius 3 is 2.67 bits per heavy atom. The Hall–Kier alpha value is -3.80. The minimum Gasteiger partial charge on any atom is -0.465 e. The van der Waals surface area contributed by atoms with Crippen molar-refractivity contribution in [2.45, 2.75) is 25.8 Å². The number of hydrogen-bond donors (Lipinski definition) is 1. The van der Waals surface area contributed by atoms with Gasteiger partial charge in [-0.15, -0.1) is 0 Å². The first kappa shape index (κ1) is 21.1. The van der Waals surface area contributed by atoms with E-state index in [1.165, 1.54) is 0 Å². The topological polar surface area (TPSA) is 67.5 Å². The molecule has 6 heteroatoms. The molecule has 0 aliphatic carbocycles. The molecular weight excluding hydrogens is 414 g/mol. The molecule has 1 N–H and O–H groups in total. The van der Waals surface area contributed by atoms with E-state index in [0.29, 0.717) is 36.8 Å². The zero-order valence-electron chi connectivity index (χ0n) is 18.7. The van der Waals surface area contributed by atoms with Crippen molar-refractivity contribution in [2.24, 2.45) is 5.92 Å². The fourth-order valence-electron chi connectivity index (χ4n) is 4.89. The Kier molecular flexibility index (Phi) is 5.50. The Morgan fingerprint density at radius 1 is 1.09 bits per heavy atom. The van der Waals surface area contributed by atoms with Crippen LogP contribution in [0.1, 0.15) is 34.9 Å². The molecule has 33 heavy (non-hydrogen) atoms. The average Bonchev–Trinajstić information content (AvgIpc) is 3.32. The van der Waals surface area contributed by atoms with Gasteiger partial charge in [-0.25, -0.2) is 0 Å². The largest absolute Gasteiger partial charge is 0.465 e. The molecule has 4 heterocycles. The van der Waals surface area contributed by atoms with E-state index in [1.807, 2.05) is 58.9 Å². The highest BCUT2D eigenvalue weighted by Gasteiger charge is 2.37. The zero-order valence-corrected chi connectivity index (χ0v) is 18.7. The molecule has 2 aromatic heterocycles. The number of nitrogens with zero attached hydrogens (tertiary/aromatic N) is 2. The highest BCUT2D eigenvalue weighted by Crippen LogP contribution is 2.35. The summed E-state index contributed by atoms with van der Waals surface area (Å²) in [6.07, 6.45) is 4.31. The molecule has 0 saturated carbocycles. The van der Waals surface area contributed by atoms with Gasteiger partial charge in [0.2, 0.25) is 0 Å². The Morgan fingerprint density at radius 2 is 1.91 bits per heavy atom. The van der Waals surface area contributed by atoms with E-state index in [2.05, 4.69) is 11.9 Å². The van der Waals surface area contributed by atoms with E-state index in [9.17, 15) is 9.59 Å². The number of likely N-dealkylation sites (tertiary alicyclic amines) is 1. The number of fused-ring (bicyclic) bond motifs is 4. The van der Waals surface area contributed by atoms with Crippen LogP contribution < -0.4 is 10.9 Å². The summed E-state index contributed by atoms with van der Waals surface area (Å²) in [7, 11) is 0. The van der Waals surface area contributed by atoms with Crippen LogP contribution in [-0.2, 0) is 11.3 Å². The van der Waals surface area contributed by atoms with Gasteiger partial charge in [-0.05, 0) is 43.0 Å². The minimum atomic E-state index is -0.0962. The normalized spacial score (nSPS) is 19.7. The van der Waals surface area contributed by atoms with Gasteiger partial charge in [-0.3, -0.25) is 9.59 Å². The van der Waals surface area contributed by atoms with Crippen LogP contribution in [0.3, 0.4) is 0 Å². The third kappa shape index (κ3) is 4.29. The van der Waals surface area contributed by atoms with Crippen LogP contribution >= 0.6 is 0 Å². The SMILES string of the molecule is C=C(N/C(=C\c1ccco1)C(=O)N1CC2CC(C1)c1cccc(=O)n1C2)c1ccc(C)cc1. The van der Waals surface area contributed by atoms with E-state index >= 15 is 0 Å². The summed E-state index contributed by atoms with van der Waals surface area (Å²) in [5.41, 5.74) is 4.20. The number of aryl methyl sites for hydroxylation is 1. The summed E-state index contributed by atoms with van der Waals surface area (Å²) >= 11 is 0. The van der Waals surface area contributed by atoms with Crippen LogP contribution in [0.25, 0.3) is 11.8 Å². The van der Waals surface area contributed by atoms with Crippen LogP contribution in [0.5, 0.6) is 0 Å². The van der Waals surface area contributed by atoms with Crippen molar-refractivity contribution in [3.05, 3.63) is 106 Å². The van der Waals surface area contributed by atoms with Crippen LogP contribution in [-0.4, -0.2) is 28.5 Å².